The molecule has 0 saturated heterocycles. The molecule has 1 aromatic carbocycles. The quantitative estimate of drug-likeness (QED) is 0.398. The average molecular weight is 340 g/mol. The van der Waals surface area contributed by atoms with Crippen LogP contribution in [0.2, 0.25) is 19.6 Å². The van der Waals surface area contributed by atoms with Gasteiger partial charge in [0.2, 0.25) is 0 Å². The van der Waals surface area contributed by atoms with Crippen LogP contribution in [0, 0.1) is 11.5 Å². The lowest BCUT2D eigenvalue weighted by Crippen LogP contribution is -2.16. The minimum atomic E-state index is -1.48. The Labute approximate surface area is 141 Å². The monoisotopic (exact) mass is 340 g/mol. The third-order valence-corrected chi connectivity index (χ3v) is 4.21. The molecular formula is C19H20O4Si. The van der Waals surface area contributed by atoms with Crippen molar-refractivity contribution in [2.24, 2.45) is 0 Å². The molecule has 124 valence electrons. The fourth-order valence-corrected chi connectivity index (χ4v) is 2.59. The normalized spacial score (nSPS) is 11.9. The van der Waals surface area contributed by atoms with E-state index in [0.717, 1.165) is 10.9 Å². The van der Waals surface area contributed by atoms with Gasteiger partial charge in [0, 0.05) is 16.5 Å². The van der Waals surface area contributed by atoms with E-state index in [-0.39, 0.29) is 11.1 Å². The van der Waals surface area contributed by atoms with Crippen molar-refractivity contribution < 1.29 is 14.3 Å². The number of fused-ring (bicyclic) bond motifs is 1. The summed E-state index contributed by atoms with van der Waals surface area (Å²) in [5.74, 6) is 2.09. The van der Waals surface area contributed by atoms with Crippen LogP contribution in [0.1, 0.15) is 24.5 Å². The fraction of sp³-hybridized carbons (Fsp3) is 0.263. The highest BCUT2D eigenvalue weighted by Gasteiger charge is 2.10. The van der Waals surface area contributed by atoms with Crippen LogP contribution in [0.15, 0.2) is 39.1 Å². The number of hydrogen-bond acceptors (Lipinski definition) is 3. The van der Waals surface area contributed by atoms with Gasteiger partial charge >= 0.3 is 11.6 Å². The first-order valence-electron chi connectivity index (χ1n) is 7.74. The van der Waals surface area contributed by atoms with Gasteiger partial charge in [-0.15, -0.1) is 5.54 Å². The van der Waals surface area contributed by atoms with Gasteiger partial charge < -0.3 is 9.52 Å². The van der Waals surface area contributed by atoms with Crippen molar-refractivity contribution >= 4 is 31.1 Å². The van der Waals surface area contributed by atoms with E-state index in [1.807, 2.05) is 12.1 Å². The van der Waals surface area contributed by atoms with Crippen molar-refractivity contribution in [3.63, 3.8) is 0 Å². The van der Waals surface area contributed by atoms with Crippen molar-refractivity contribution in [2.45, 2.75) is 33.0 Å². The molecule has 0 unspecified atom stereocenters. The molecule has 1 N–H and O–H groups in total. The molecule has 1 heterocycles. The average Bonchev–Trinajstić information content (AvgIpc) is 2.49. The van der Waals surface area contributed by atoms with Crippen molar-refractivity contribution in [3.05, 3.63) is 51.4 Å². The molecule has 0 spiro atoms. The Balaban J connectivity index is 2.52. The van der Waals surface area contributed by atoms with Gasteiger partial charge in [-0.1, -0.05) is 32.5 Å². The summed E-state index contributed by atoms with van der Waals surface area (Å²) in [7, 11) is -1.48. The maximum Gasteiger partial charge on any atom is 0.343 e. The Kier molecular flexibility index (Phi) is 5.10. The Morgan fingerprint density at radius 2 is 2.00 bits per heavy atom. The van der Waals surface area contributed by atoms with Crippen LogP contribution in [0.5, 0.6) is 0 Å². The summed E-state index contributed by atoms with van der Waals surface area (Å²) < 4.78 is 5.34. The van der Waals surface area contributed by atoms with Gasteiger partial charge in [-0.3, -0.25) is 0 Å². The summed E-state index contributed by atoms with van der Waals surface area (Å²) in [5.41, 5.74) is 4.38. The Bertz CT molecular complexity index is 934. The van der Waals surface area contributed by atoms with E-state index in [2.05, 4.69) is 31.1 Å². The Hall–Kier alpha value is -2.58. The zero-order chi connectivity index (χ0) is 17.9. The van der Waals surface area contributed by atoms with Crippen LogP contribution in [0.4, 0.5) is 0 Å². The molecule has 24 heavy (non-hydrogen) atoms. The number of carboxylic acid groups (broad SMARTS) is 1. The third kappa shape index (κ3) is 4.46. The highest BCUT2D eigenvalue weighted by molar-refractivity contribution is 6.83. The van der Waals surface area contributed by atoms with Crippen LogP contribution >= 0.6 is 0 Å². The minimum absolute atomic E-state index is 0.166. The molecular weight excluding hydrogens is 320 g/mol. The summed E-state index contributed by atoms with van der Waals surface area (Å²) in [6.45, 7) is 8.21. The molecule has 0 amide bonds. The topological polar surface area (TPSA) is 67.5 Å². The summed E-state index contributed by atoms with van der Waals surface area (Å²) >= 11 is 0. The largest absolute Gasteiger partial charge is 0.478 e. The molecule has 2 aromatic rings. The van der Waals surface area contributed by atoms with Gasteiger partial charge in [0.15, 0.2) is 0 Å². The molecule has 4 nitrogen and oxygen atoms in total. The summed E-state index contributed by atoms with van der Waals surface area (Å²) in [5, 5.41) is 9.82. The first-order valence-corrected chi connectivity index (χ1v) is 11.2. The standard InChI is InChI=1S/C19H20O4Si/c1-5-14(18(20)21)11-16-12-15-7-6-13(8-9-24(2,3)4)10-17(15)23-19(16)22/h6-7,10-12H,5H2,1-4H3,(H,20,21). The van der Waals surface area contributed by atoms with E-state index < -0.39 is 19.7 Å². The molecule has 0 fully saturated rings. The van der Waals surface area contributed by atoms with Gasteiger partial charge in [0.05, 0.1) is 5.56 Å². The van der Waals surface area contributed by atoms with Crippen LogP contribution in [-0.2, 0) is 4.79 Å². The molecule has 0 aliphatic heterocycles. The van der Waals surface area contributed by atoms with Crippen molar-refractivity contribution in [2.75, 3.05) is 0 Å². The molecule has 5 heteroatoms. The number of hydrogen-bond donors (Lipinski definition) is 1. The highest BCUT2D eigenvalue weighted by Crippen LogP contribution is 2.17. The highest BCUT2D eigenvalue weighted by atomic mass is 28.3. The van der Waals surface area contributed by atoms with Crippen molar-refractivity contribution in [1.29, 1.82) is 0 Å². The molecule has 1 aromatic heterocycles. The summed E-state index contributed by atoms with van der Waals surface area (Å²) in [4.78, 5) is 23.2. The third-order valence-electron chi connectivity index (χ3n) is 3.33. The molecule has 0 aliphatic rings. The SMILES string of the molecule is CCC(=Cc1cc2ccc(C#C[Si](C)(C)C)cc2oc1=O)C(=O)O. The second kappa shape index (κ2) is 6.89. The predicted molar refractivity (Wildman–Crippen MR) is 98.6 cm³/mol. The van der Waals surface area contributed by atoms with E-state index in [0.29, 0.717) is 12.0 Å². The maximum absolute atomic E-state index is 12.1. The van der Waals surface area contributed by atoms with E-state index >= 15 is 0 Å². The van der Waals surface area contributed by atoms with Crippen LogP contribution in [-0.4, -0.2) is 19.1 Å². The minimum Gasteiger partial charge on any atom is -0.478 e. The van der Waals surface area contributed by atoms with Gasteiger partial charge in [-0.2, -0.15) is 0 Å². The lowest BCUT2D eigenvalue weighted by Gasteiger charge is -2.04. The number of rotatable bonds is 3. The molecule has 0 bridgehead atoms. The number of carboxylic acids is 1. The number of benzene rings is 1. The number of aliphatic carboxylic acids is 1. The molecule has 2 rings (SSSR count). The Morgan fingerprint density at radius 3 is 2.58 bits per heavy atom. The molecule has 0 saturated carbocycles. The zero-order valence-electron chi connectivity index (χ0n) is 14.3. The lowest BCUT2D eigenvalue weighted by atomic mass is 10.1. The summed E-state index contributed by atoms with van der Waals surface area (Å²) in [6, 6.07) is 7.10. The predicted octanol–water partition coefficient (Wildman–Crippen LogP) is 3.90. The molecule has 0 radical (unpaired) electrons. The van der Waals surface area contributed by atoms with E-state index in [9.17, 15) is 9.59 Å². The molecule has 0 aliphatic carbocycles. The van der Waals surface area contributed by atoms with Gasteiger partial charge in [0.1, 0.15) is 13.7 Å². The van der Waals surface area contributed by atoms with Crippen molar-refractivity contribution in [1.82, 2.24) is 0 Å². The van der Waals surface area contributed by atoms with E-state index in [1.54, 1.807) is 19.1 Å². The van der Waals surface area contributed by atoms with Crippen LogP contribution in [0.25, 0.3) is 17.0 Å². The Morgan fingerprint density at radius 1 is 1.29 bits per heavy atom. The summed E-state index contributed by atoms with van der Waals surface area (Å²) in [6.07, 6.45) is 1.70. The van der Waals surface area contributed by atoms with Gasteiger partial charge in [-0.25, -0.2) is 9.59 Å². The zero-order valence-corrected chi connectivity index (χ0v) is 15.3. The van der Waals surface area contributed by atoms with E-state index in [4.69, 9.17) is 9.52 Å². The first-order chi connectivity index (χ1) is 11.2. The van der Waals surface area contributed by atoms with Crippen LogP contribution in [0.3, 0.4) is 0 Å². The maximum atomic E-state index is 12.1. The van der Waals surface area contributed by atoms with E-state index in [1.165, 1.54) is 6.08 Å². The second-order valence-electron chi connectivity index (χ2n) is 6.57. The number of carbonyl (C=O) groups is 1. The van der Waals surface area contributed by atoms with Gasteiger partial charge in [0.25, 0.3) is 0 Å². The van der Waals surface area contributed by atoms with Gasteiger partial charge in [-0.05, 0) is 36.8 Å². The fourth-order valence-electron chi connectivity index (χ4n) is 2.07. The lowest BCUT2D eigenvalue weighted by molar-refractivity contribution is -0.132. The molecule has 0 atom stereocenters. The first kappa shape index (κ1) is 17.8. The van der Waals surface area contributed by atoms with Crippen LogP contribution < -0.4 is 5.63 Å². The second-order valence-corrected chi connectivity index (χ2v) is 11.3. The smallest absolute Gasteiger partial charge is 0.343 e. The van der Waals surface area contributed by atoms with Crippen molar-refractivity contribution in [3.8, 4) is 11.5 Å².